The lowest BCUT2D eigenvalue weighted by atomic mass is 9.86. The van der Waals surface area contributed by atoms with E-state index in [1.54, 1.807) is 17.0 Å². The molecule has 2 atom stereocenters. The number of hydrogen-bond donors (Lipinski definition) is 0. The molecule has 2 rings (SSSR count). The van der Waals surface area contributed by atoms with Gasteiger partial charge in [-0.15, -0.1) is 0 Å². The average Bonchev–Trinajstić information content (AvgIpc) is 2.84. The van der Waals surface area contributed by atoms with Gasteiger partial charge in [0.15, 0.2) is 6.10 Å². The molecule has 1 saturated heterocycles. The van der Waals surface area contributed by atoms with Crippen LogP contribution >= 0.6 is 0 Å². The molecule has 1 aliphatic rings. The molecule has 1 fully saturated rings. The number of carbonyl (C=O) groups is 1. The Bertz CT molecular complexity index is 634. The molecule has 0 aromatic heterocycles. The molecule has 26 heavy (non-hydrogen) atoms. The van der Waals surface area contributed by atoms with Crippen LogP contribution in [0.4, 0.5) is 9.18 Å². The summed E-state index contributed by atoms with van der Waals surface area (Å²) < 4.78 is 30.5. The standard InChI is InChI=1S/C19H29FNO4Si/c1-18(2,3)13-19(4,25-26(5)6)21-11-16(24-17(21)22)12-23-15-9-7-8-14(20)10-15/h7-10,16H,11-13H2,1-6H3. The van der Waals surface area contributed by atoms with Crippen molar-refractivity contribution in [1.29, 1.82) is 0 Å². The first-order chi connectivity index (χ1) is 12.0. The Kier molecular flexibility index (Phi) is 6.34. The maximum Gasteiger partial charge on any atom is 0.412 e. The Morgan fingerprint density at radius 1 is 1.31 bits per heavy atom. The molecule has 2 unspecified atom stereocenters. The zero-order valence-electron chi connectivity index (χ0n) is 16.5. The number of rotatable bonds is 7. The number of ether oxygens (including phenoxy) is 2. The van der Waals surface area contributed by atoms with E-state index in [-0.39, 0.29) is 17.8 Å². The lowest BCUT2D eigenvalue weighted by Crippen LogP contribution is -2.53. The maximum absolute atomic E-state index is 13.2. The molecular weight excluding hydrogens is 353 g/mol. The Morgan fingerprint density at radius 3 is 2.58 bits per heavy atom. The van der Waals surface area contributed by atoms with E-state index >= 15 is 0 Å². The predicted octanol–water partition coefficient (Wildman–Crippen LogP) is 4.45. The van der Waals surface area contributed by atoms with Crippen molar-refractivity contribution in [2.24, 2.45) is 5.41 Å². The van der Waals surface area contributed by atoms with Gasteiger partial charge in [0, 0.05) is 6.07 Å². The second-order valence-corrected chi connectivity index (χ2v) is 10.3. The third-order valence-corrected chi connectivity index (χ3v) is 4.81. The summed E-state index contributed by atoms with van der Waals surface area (Å²) in [5.74, 6) is 0.0556. The number of halogens is 1. The highest BCUT2D eigenvalue weighted by atomic mass is 28.3. The highest BCUT2D eigenvalue weighted by Crippen LogP contribution is 2.35. The van der Waals surface area contributed by atoms with E-state index in [2.05, 4.69) is 33.9 Å². The van der Waals surface area contributed by atoms with Gasteiger partial charge in [-0.25, -0.2) is 9.18 Å². The van der Waals surface area contributed by atoms with Gasteiger partial charge in [-0.05, 0) is 44.0 Å². The summed E-state index contributed by atoms with van der Waals surface area (Å²) in [7, 11) is -1.02. The molecule has 1 aliphatic heterocycles. The van der Waals surface area contributed by atoms with Crippen LogP contribution in [0, 0.1) is 11.2 Å². The van der Waals surface area contributed by atoms with Crippen LogP contribution in [0.3, 0.4) is 0 Å². The highest BCUT2D eigenvalue weighted by molar-refractivity contribution is 6.48. The molecule has 1 amide bonds. The van der Waals surface area contributed by atoms with Crippen molar-refractivity contribution >= 4 is 15.1 Å². The number of carbonyl (C=O) groups excluding carboxylic acids is 1. The van der Waals surface area contributed by atoms with Crippen molar-refractivity contribution in [3.05, 3.63) is 30.1 Å². The van der Waals surface area contributed by atoms with Crippen molar-refractivity contribution in [1.82, 2.24) is 4.90 Å². The highest BCUT2D eigenvalue weighted by Gasteiger charge is 2.46. The second kappa shape index (κ2) is 7.96. The van der Waals surface area contributed by atoms with Crippen LogP contribution in [0.2, 0.25) is 13.1 Å². The number of hydrogen-bond acceptors (Lipinski definition) is 4. The third kappa shape index (κ3) is 5.70. The van der Waals surface area contributed by atoms with Gasteiger partial charge in [0.1, 0.15) is 23.9 Å². The van der Waals surface area contributed by atoms with Gasteiger partial charge in [-0.2, -0.15) is 0 Å². The molecule has 5 nitrogen and oxygen atoms in total. The SMILES string of the molecule is C[Si](C)OC(C)(CC(C)(C)C)N1CC(COc2cccc(F)c2)OC1=O. The topological polar surface area (TPSA) is 48.0 Å². The van der Waals surface area contributed by atoms with Gasteiger partial charge in [0.2, 0.25) is 9.04 Å². The molecule has 7 heteroatoms. The lowest BCUT2D eigenvalue weighted by molar-refractivity contribution is -0.0663. The van der Waals surface area contributed by atoms with Crippen molar-refractivity contribution in [3.63, 3.8) is 0 Å². The van der Waals surface area contributed by atoms with E-state index in [0.717, 1.165) is 0 Å². The number of benzene rings is 1. The Morgan fingerprint density at radius 2 is 2.00 bits per heavy atom. The summed E-state index contributed by atoms with van der Waals surface area (Å²) in [6, 6.07) is 5.92. The van der Waals surface area contributed by atoms with Crippen molar-refractivity contribution in [2.75, 3.05) is 13.2 Å². The summed E-state index contributed by atoms with van der Waals surface area (Å²) in [6.07, 6.45) is -0.117. The number of amides is 1. The van der Waals surface area contributed by atoms with Crippen LogP contribution in [0.15, 0.2) is 24.3 Å². The summed E-state index contributed by atoms with van der Waals surface area (Å²) in [6.45, 7) is 13.0. The molecular formula is C19H29FNO4Si. The fourth-order valence-corrected chi connectivity index (χ4v) is 4.41. The minimum absolute atomic E-state index is 0.0114. The van der Waals surface area contributed by atoms with Crippen LogP contribution in [-0.2, 0) is 9.16 Å². The third-order valence-electron chi connectivity index (χ3n) is 3.96. The Balaban J connectivity index is 2.05. The molecule has 1 aromatic carbocycles. The van der Waals surface area contributed by atoms with Gasteiger partial charge in [-0.1, -0.05) is 26.8 Å². The van der Waals surface area contributed by atoms with Gasteiger partial charge in [0.25, 0.3) is 0 Å². The first-order valence-corrected chi connectivity index (χ1v) is 11.3. The smallest absolute Gasteiger partial charge is 0.412 e. The van der Waals surface area contributed by atoms with E-state index in [9.17, 15) is 9.18 Å². The number of cyclic esters (lactones) is 1. The summed E-state index contributed by atoms with van der Waals surface area (Å²) in [4.78, 5) is 14.1. The fourth-order valence-electron chi connectivity index (χ4n) is 3.35. The zero-order chi connectivity index (χ0) is 19.5. The molecule has 0 bridgehead atoms. The summed E-state index contributed by atoms with van der Waals surface area (Å²) >= 11 is 0. The molecule has 0 saturated carbocycles. The van der Waals surface area contributed by atoms with E-state index in [0.29, 0.717) is 18.7 Å². The minimum Gasteiger partial charge on any atom is -0.490 e. The average molecular weight is 383 g/mol. The summed E-state index contributed by atoms with van der Waals surface area (Å²) in [5, 5.41) is 0. The van der Waals surface area contributed by atoms with E-state index in [1.165, 1.54) is 12.1 Å². The molecule has 0 aliphatic carbocycles. The largest absolute Gasteiger partial charge is 0.490 e. The van der Waals surface area contributed by atoms with Gasteiger partial charge in [0.05, 0.1) is 6.54 Å². The molecule has 1 radical (unpaired) electrons. The van der Waals surface area contributed by atoms with Gasteiger partial charge >= 0.3 is 6.09 Å². The number of nitrogens with zero attached hydrogens (tertiary/aromatic N) is 1. The van der Waals surface area contributed by atoms with Crippen LogP contribution in [-0.4, -0.2) is 45.0 Å². The van der Waals surface area contributed by atoms with Crippen molar-refractivity contribution in [2.45, 2.75) is 59.0 Å². The van der Waals surface area contributed by atoms with Crippen molar-refractivity contribution in [3.8, 4) is 5.75 Å². The predicted molar refractivity (Wildman–Crippen MR) is 99.9 cm³/mol. The molecule has 1 heterocycles. The van der Waals surface area contributed by atoms with Gasteiger partial charge < -0.3 is 13.9 Å². The molecule has 0 spiro atoms. The maximum atomic E-state index is 13.2. The normalized spacial score (nSPS) is 20.2. The van der Waals surface area contributed by atoms with Crippen LogP contribution in [0.5, 0.6) is 5.75 Å². The van der Waals surface area contributed by atoms with Crippen LogP contribution < -0.4 is 4.74 Å². The van der Waals surface area contributed by atoms with E-state index < -0.39 is 27.0 Å². The lowest BCUT2D eigenvalue weighted by Gasteiger charge is -2.42. The van der Waals surface area contributed by atoms with E-state index in [1.807, 2.05) is 6.92 Å². The Labute approximate surface area is 157 Å². The van der Waals surface area contributed by atoms with Gasteiger partial charge in [-0.3, -0.25) is 4.90 Å². The molecule has 1 aromatic rings. The first-order valence-electron chi connectivity index (χ1n) is 8.84. The Hall–Kier alpha value is -1.60. The molecule has 145 valence electrons. The van der Waals surface area contributed by atoms with Crippen LogP contribution in [0.25, 0.3) is 0 Å². The van der Waals surface area contributed by atoms with E-state index in [4.69, 9.17) is 13.9 Å². The molecule has 0 N–H and O–H groups in total. The van der Waals surface area contributed by atoms with Crippen molar-refractivity contribution < 1.29 is 23.1 Å². The zero-order valence-corrected chi connectivity index (χ0v) is 17.5. The van der Waals surface area contributed by atoms with Crippen LogP contribution in [0.1, 0.15) is 34.1 Å². The first kappa shape index (κ1) is 20.7. The fraction of sp³-hybridized carbons (Fsp3) is 0.632. The summed E-state index contributed by atoms with van der Waals surface area (Å²) in [5.41, 5.74) is -0.733. The minimum atomic E-state index is -1.02. The monoisotopic (exact) mass is 382 g/mol. The second-order valence-electron chi connectivity index (χ2n) is 8.31. The quantitative estimate of drug-likeness (QED) is 0.654.